The number of amides is 1. The molecule has 0 spiro atoms. The van der Waals surface area contributed by atoms with E-state index in [1.807, 2.05) is 13.8 Å². The molecule has 0 saturated heterocycles. The molecule has 0 fully saturated rings. The third-order valence-electron chi connectivity index (χ3n) is 3.56. The number of carbonyl (C=O) groups excluding carboxylic acids is 1. The monoisotopic (exact) mass is 392 g/mol. The molecule has 1 atom stereocenters. The van der Waals surface area contributed by atoms with Gasteiger partial charge in [-0.2, -0.15) is 0 Å². The number of nitrogens with zero attached hydrogens (tertiary/aromatic N) is 1. The van der Waals surface area contributed by atoms with Crippen molar-refractivity contribution in [2.75, 3.05) is 26.5 Å². The molecule has 0 heterocycles. The predicted molar refractivity (Wildman–Crippen MR) is 102 cm³/mol. The van der Waals surface area contributed by atoms with Crippen LogP contribution in [0.1, 0.15) is 26.7 Å². The van der Waals surface area contributed by atoms with Crippen molar-refractivity contribution in [1.29, 1.82) is 0 Å². The number of hydrogen-bond acceptors (Lipinski definition) is 5. The Hall–Kier alpha value is -1.31. The Balaban J connectivity index is 0.00000576. The number of likely N-dealkylation sites (N-methyl/N-ethyl adjacent to an activating group) is 1. The Labute approximate surface area is 157 Å². The highest BCUT2D eigenvalue weighted by atomic mass is 35.5. The number of nitrogens with two attached hydrogens (primary N) is 1. The average Bonchev–Trinajstić information content (AvgIpc) is 2.49. The van der Waals surface area contributed by atoms with Gasteiger partial charge in [-0.25, -0.2) is 8.42 Å². The Kier molecular flexibility index (Phi) is 10.1. The first-order valence-electron chi connectivity index (χ1n) is 8.04. The quantitative estimate of drug-likeness (QED) is 0.650. The minimum absolute atomic E-state index is 0. The summed E-state index contributed by atoms with van der Waals surface area (Å²) in [7, 11) is -1.52. The zero-order valence-electron chi connectivity index (χ0n) is 15.3. The molecule has 0 bridgehead atoms. The summed E-state index contributed by atoms with van der Waals surface area (Å²) in [4.78, 5) is 13.9. The number of halogens is 1. The van der Waals surface area contributed by atoms with E-state index in [0.717, 1.165) is 6.26 Å². The number of benzene rings is 1. The van der Waals surface area contributed by atoms with Crippen molar-refractivity contribution in [3.63, 3.8) is 0 Å². The summed E-state index contributed by atoms with van der Waals surface area (Å²) in [5.74, 6) is 0.814. The Morgan fingerprint density at radius 3 is 2.52 bits per heavy atom. The van der Waals surface area contributed by atoms with Crippen molar-refractivity contribution in [2.45, 2.75) is 37.6 Å². The Bertz CT molecular complexity index is 650. The lowest BCUT2D eigenvalue weighted by Gasteiger charge is -2.22. The number of hydrogen-bond donors (Lipinski definition) is 1. The summed E-state index contributed by atoms with van der Waals surface area (Å²) >= 11 is 0. The lowest BCUT2D eigenvalue weighted by Crippen LogP contribution is -2.43. The first-order valence-corrected chi connectivity index (χ1v) is 9.94. The highest BCUT2D eigenvalue weighted by molar-refractivity contribution is 7.90. The van der Waals surface area contributed by atoms with Crippen LogP contribution in [-0.2, 0) is 14.6 Å². The van der Waals surface area contributed by atoms with Crippen molar-refractivity contribution in [3.8, 4) is 5.75 Å². The van der Waals surface area contributed by atoms with Crippen LogP contribution in [0, 0.1) is 5.92 Å². The summed E-state index contributed by atoms with van der Waals surface area (Å²) in [6, 6.07) is 5.92. The molecule has 0 aliphatic carbocycles. The molecule has 0 aliphatic rings. The van der Waals surface area contributed by atoms with Crippen LogP contribution in [0.3, 0.4) is 0 Å². The van der Waals surface area contributed by atoms with Gasteiger partial charge in [-0.05, 0) is 37.0 Å². The van der Waals surface area contributed by atoms with E-state index >= 15 is 0 Å². The van der Waals surface area contributed by atoms with E-state index in [0.29, 0.717) is 37.7 Å². The molecular weight excluding hydrogens is 364 g/mol. The first-order chi connectivity index (χ1) is 11.1. The molecule has 1 rings (SSSR count). The maximum Gasteiger partial charge on any atom is 0.239 e. The van der Waals surface area contributed by atoms with E-state index in [1.165, 1.54) is 12.1 Å². The summed E-state index contributed by atoms with van der Waals surface area (Å²) < 4.78 is 28.6. The highest BCUT2D eigenvalue weighted by Crippen LogP contribution is 2.17. The van der Waals surface area contributed by atoms with Crippen LogP contribution >= 0.6 is 12.4 Å². The van der Waals surface area contributed by atoms with Crippen LogP contribution < -0.4 is 10.5 Å². The van der Waals surface area contributed by atoms with Crippen molar-refractivity contribution < 1.29 is 17.9 Å². The molecule has 1 aromatic carbocycles. The van der Waals surface area contributed by atoms with Crippen molar-refractivity contribution in [1.82, 2.24) is 4.90 Å². The molecule has 0 radical (unpaired) electrons. The predicted octanol–water partition coefficient (Wildman–Crippen LogP) is 2.11. The van der Waals surface area contributed by atoms with Crippen molar-refractivity contribution in [2.24, 2.45) is 11.7 Å². The molecule has 1 amide bonds. The van der Waals surface area contributed by atoms with E-state index in [1.54, 1.807) is 24.1 Å². The molecule has 0 aliphatic heterocycles. The van der Waals surface area contributed by atoms with Gasteiger partial charge in [0.25, 0.3) is 0 Å². The van der Waals surface area contributed by atoms with Gasteiger partial charge in [0.15, 0.2) is 9.84 Å². The van der Waals surface area contributed by atoms with E-state index in [9.17, 15) is 13.2 Å². The van der Waals surface area contributed by atoms with Crippen molar-refractivity contribution >= 4 is 28.2 Å². The second-order valence-corrected chi connectivity index (χ2v) is 8.46. The second kappa shape index (κ2) is 10.6. The smallest absolute Gasteiger partial charge is 0.239 e. The largest absolute Gasteiger partial charge is 0.493 e. The zero-order chi connectivity index (χ0) is 18.3. The molecule has 25 heavy (non-hydrogen) atoms. The Morgan fingerprint density at radius 2 is 1.96 bits per heavy atom. The normalized spacial score (nSPS) is 12.4. The van der Waals surface area contributed by atoms with Crippen LogP contribution in [0.25, 0.3) is 0 Å². The maximum atomic E-state index is 12.1. The second-order valence-electron chi connectivity index (χ2n) is 6.44. The lowest BCUT2D eigenvalue weighted by molar-refractivity contribution is -0.131. The minimum atomic E-state index is -3.25. The van der Waals surface area contributed by atoms with E-state index in [-0.39, 0.29) is 23.2 Å². The van der Waals surface area contributed by atoms with Crippen molar-refractivity contribution in [3.05, 3.63) is 24.3 Å². The summed E-state index contributed by atoms with van der Waals surface area (Å²) in [6.07, 6.45) is 2.46. The van der Waals surface area contributed by atoms with E-state index in [2.05, 4.69) is 0 Å². The van der Waals surface area contributed by atoms with Crippen LogP contribution in [0.15, 0.2) is 29.2 Å². The molecule has 6 nitrogen and oxygen atoms in total. The minimum Gasteiger partial charge on any atom is -0.493 e. The average molecular weight is 393 g/mol. The van der Waals surface area contributed by atoms with Gasteiger partial charge >= 0.3 is 0 Å². The van der Waals surface area contributed by atoms with Crippen LogP contribution in [0.2, 0.25) is 0 Å². The molecule has 8 heteroatoms. The Morgan fingerprint density at radius 1 is 1.32 bits per heavy atom. The number of sulfone groups is 1. The highest BCUT2D eigenvalue weighted by Gasteiger charge is 2.18. The fourth-order valence-electron chi connectivity index (χ4n) is 2.29. The van der Waals surface area contributed by atoms with Gasteiger partial charge in [-0.15, -0.1) is 12.4 Å². The van der Waals surface area contributed by atoms with Gasteiger partial charge in [0.1, 0.15) is 5.75 Å². The summed E-state index contributed by atoms with van der Waals surface area (Å²) in [5.41, 5.74) is 5.89. The lowest BCUT2D eigenvalue weighted by atomic mass is 10.0. The summed E-state index contributed by atoms with van der Waals surface area (Å²) in [5, 5.41) is 0. The van der Waals surface area contributed by atoms with E-state index in [4.69, 9.17) is 10.5 Å². The van der Waals surface area contributed by atoms with Gasteiger partial charge in [0.2, 0.25) is 5.91 Å². The first kappa shape index (κ1) is 23.7. The third kappa shape index (κ3) is 8.56. The van der Waals surface area contributed by atoms with Crippen LogP contribution in [-0.4, -0.2) is 51.7 Å². The SMILES string of the molecule is CC(C)C[C@H](N)C(=O)N(C)CCCOc1cccc(S(C)(=O)=O)c1.Cl. The number of ether oxygens (including phenoxy) is 1. The zero-order valence-corrected chi connectivity index (χ0v) is 16.9. The molecular formula is C17H29ClN2O4S. The molecule has 144 valence electrons. The fraction of sp³-hybridized carbons (Fsp3) is 0.588. The van der Waals surface area contributed by atoms with Gasteiger partial charge in [0, 0.05) is 19.8 Å². The van der Waals surface area contributed by atoms with E-state index < -0.39 is 15.9 Å². The molecule has 0 unspecified atom stereocenters. The van der Waals surface area contributed by atoms with Gasteiger partial charge in [-0.1, -0.05) is 19.9 Å². The van der Waals surface area contributed by atoms with Gasteiger partial charge in [0.05, 0.1) is 17.5 Å². The fourth-order valence-corrected chi connectivity index (χ4v) is 2.94. The van der Waals surface area contributed by atoms with Gasteiger partial charge in [-0.3, -0.25) is 4.79 Å². The molecule has 2 N–H and O–H groups in total. The third-order valence-corrected chi connectivity index (χ3v) is 4.67. The maximum absolute atomic E-state index is 12.1. The van der Waals surface area contributed by atoms with Crippen LogP contribution in [0.4, 0.5) is 0 Å². The molecule has 0 saturated carbocycles. The molecule has 0 aromatic heterocycles. The summed E-state index contributed by atoms with van der Waals surface area (Å²) in [6.45, 7) is 5.00. The molecule has 1 aromatic rings. The van der Waals surface area contributed by atoms with Gasteiger partial charge < -0.3 is 15.4 Å². The topological polar surface area (TPSA) is 89.7 Å². The number of carbonyl (C=O) groups is 1. The standard InChI is InChI=1S/C17H28N2O4S.ClH/c1-13(2)11-16(18)17(20)19(3)9-6-10-23-14-7-5-8-15(12-14)24(4,21)22;/h5,7-8,12-13,16H,6,9-11,18H2,1-4H3;1H/t16-;/m0./s1. The van der Waals surface area contributed by atoms with Crippen LogP contribution in [0.5, 0.6) is 5.75 Å². The number of rotatable bonds is 9.